The fourth-order valence-corrected chi connectivity index (χ4v) is 1.44. The number of carbonyl (C=O) groups is 1. The van der Waals surface area contributed by atoms with Crippen LogP contribution in [0.2, 0.25) is 0 Å². The van der Waals surface area contributed by atoms with E-state index in [-0.39, 0.29) is 29.8 Å². The van der Waals surface area contributed by atoms with Gasteiger partial charge in [0.05, 0.1) is 6.08 Å². The van der Waals surface area contributed by atoms with Crippen LogP contribution in [0.15, 0.2) is 54.9 Å². The number of ketones is 1. The lowest BCUT2D eigenvalue weighted by molar-refractivity contribution is -0.568. The van der Waals surface area contributed by atoms with Gasteiger partial charge in [-0.05, 0) is 30.3 Å². The van der Waals surface area contributed by atoms with Crippen molar-refractivity contribution in [3.63, 3.8) is 0 Å². The van der Waals surface area contributed by atoms with Crippen molar-refractivity contribution in [3.05, 3.63) is 66.2 Å². The van der Waals surface area contributed by atoms with Crippen molar-refractivity contribution in [2.45, 2.75) is 0 Å². The molecule has 5 heteroatoms. The van der Waals surface area contributed by atoms with E-state index in [4.69, 9.17) is 0 Å². The predicted molar refractivity (Wildman–Crippen MR) is 64.4 cm³/mol. The third-order valence-electron chi connectivity index (χ3n) is 2.33. The summed E-state index contributed by atoms with van der Waals surface area (Å²) in [6.45, 7) is 0. The summed E-state index contributed by atoms with van der Waals surface area (Å²) >= 11 is 0. The van der Waals surface area contributed by atoms with Gasteiger partial charge >= 0.3 is 0 Å². The van der Waals surface area contributed by atoms with Gasteiger partial charge in [0.1, 0.15) is 5.82 Å². The van der Waals surface area contributed by atoms with Gasteiger partial charge in [-0.15, -0.1) is 0 Å². The van der Waals surface area contributed by atoms with Crippen LogP contribution in [0.1, 0.15) is 10.4 Å². The molecule has 1 aromatic heterocycles. The minimum atomic E-state index is -0.377. The van der Waals surface area contributed by atoms with E-state index in [1.54, 1.807) is 16.8 Å². The number of rotatable bonds is 3. The number of aromatic nitrogens is 1. The van der Waals surface area contributed by atoms with Gasteiger partial charge in [0, 0.05) is 11.6 Å². The maximum absolute atomic E-state index is 12.7. The summed E-state index contributed by atoms with van der Waals surface area (Å²) in [5, 5.41) is 9.24. The Balaban J connectivity index is 0.00000180. The number of benzene rings is 1. The van der Waals surface area contributed by atoms with Gasteiger partial charge < -0.3 is 17.5 Å². The van der Waals surface area contributed by atoms with Crippen molar-refractivity contribution in [2.24, 2.45) is 0 Å². The SMILES string of the molecule is O=C(/C=C/[n+]1cccc(O)c1)c1ccc(F)cc1.[Cl-]. The van der Waals surface area contributed by atoms with Crippen LogP contribution in [0.3, 0.4) is 0 Å². The number of nitrogens with zero attached hydrogens (tertiary/aromatic N) is 1. The molecule has 2 aromatic rings. The van der Waals surface area contributed by atoms with Crippen LogP contribution < -0.4 is 17.0 Å². The quantitative estimate of drug-likeness (QED) is 0.453. The molecule has 0 aliphatic rings. The second-order valence-electron chi connectivity index (χ2n) is 3.70. The number of hydrogen-bond acceptors (Lipinski definition) is 2. The second kappa shape index (κ2) is 6.66. The highest BCUT2D eigenvalue weighted by atomic mass is 35.5. The van der Waals surface area contributed by atoms with Crippen molar-refractivity contribution < 1.29 is 31.3 Å². The Kier molecular flexibility index (Phi) is 5.21. The van der Waals surface area contributed by atoms with Crippen molar-refractivity contribution in [3.8, 4) is 5.75 Å². The molecule has 1 N–H and O–H groups in total. The standard InChI is InChI=1S/C14H10FNO2.ClH/c15-12-5-3-11(4-6-12)14(18)7-9-16-8-1-2-13(17)10-16;/h1-10H;1H/b9-7+;. The average molecular weight is 280 g/mol. The van der Waals surface area contributed by atoms with E-state index in [0.29, 0.717) is 5.56 Å². The normalized spacial score (nSPS) is 10.2. The van der Waals surface area contributed by atoms with Crippen LogP contribution in [0.4, 0.5) is 4.39 Å². The summed E-state index contributed by atoms with van der Waals surface area (Å²) in [6, 6.07) is 8.52. The highest BCUT2D eigenvalue weighted by Gasteiger charge is 2.03. The smallest absolute Gasteiger partial charge is 0.216 e. The van der Waals surface area contributed by atoms with Crippen LogP contribution in [0.25, 0.3) is 6.20 Å². The maximum Gasteiger partial charge on any atom is 0.216 e. The van der Waals surface area contributed by atoms with Gasteiger partial charge in [0.25, 0.3) is 0 Å². The van der Waals surface area contributed by atoms with Crippen molar-refractivity contribution >= 4 is 12.0 Å². The highest BCUT2D eigenvalue weighted by molar-refractivity contribution is 6.05. The number of allylic oxidation sites excluding steroid dienone is 1. The largest absolute Gasteiger partial charge is 1.00 e. The van der Waals surface area contributed by atoms with Crippen molar-refractivity contribution in [2.75, 3.05) is 0 Å². The van der Waals surface area contributed by atoms with Crippen LogP contribution in [0, 0.1) is 5.82 Å². The second-order valence-corrected chi connectivity index (χ2v) is 3.70. The molecule has 2 rings (SSSR count). The fourth-order valence-electron chi connectivity index (χ4n) is 1.44. The molecule has 19 heavy (non-hydrogen) atoms. The monoisotopic (exact) mass is 279 g/mol. The van der Waals surface area contributed by atoms with Gasteiger partial charge in [0.2, 0.25) is 6.20 Å². The fraction of sp³-hybridized carbons (Fsp3) is 0. The van der Waals surface area contributed by atoms with E-state index >= 15 is 0 Å². The Hall–Kier alpha value is -2.20. The highest BCUT2D eigenvalue weighted by Crippen LogP contribution is 2.04. The number of halogens is 2. The third kappa shape index (κ3) is 4.19. The molecule has 0 amide bonds. The molecule has 0 unspecified atom stereocenters. The summed E-state index contributed by atoms with van der Waals surface area (Å²) in [5.74, 6) is -0.500. The number of carbonyl (C=O) groups excluding carboxylic acids is 1. The van der Waals surface area contributed by atoms with E-state index in [9.17, 15) is 14.3 Å². The Morgan fingerprint density at radius 1 is 1.21 bits per heavy atom. The van der Waals surface area contributed by atoms with Crippen LogP contribution >= 0.6 is 0 Å². The molecule has 0 radical (unpaired) electrons. The topological polar surface area (TPSA) is 41.2 Å². The molecule has 1 aromatic carbocycles. The molecule has 0 aliphatic carbocycles. The van der Waals surface area contributed by atoms with Crippen LogP contribution in [-0.4, -0.2) is 10.9 Å². The zero-order valence-electron chi connectivity index (χ0n) is 9.83. The first-order valence-electron chi connectivity index (χ1n) is 5.33. The molecule has 1 heterocycles. The first-order valence-corrected chi connectivity index (χ1v) is 5.33. The van der Waals surface area contributed by atoms with Gasteiger partial charge in [0.15, 0.2) is 23.9 Å². The molecule has 98 valence electrons. The molecule has 0 fully saturated rings. The summed E-state index contributed by atoms with van der Waals surface area (Å²) in [7, 11) is 0. The minimum Gasteiger partial charge on any atom is -1.00 e. The minimum absolute atomic E-state index is 0. The zero-order chi connectivity index (χ0) is 13.0. The molecular formula is C14H11ClFNO2. The Morgan fingerprint density at radius 2 is 1.89 bits per heavy atom. The van der Waals surface area contributed by atoms with Gasteiger partial charge in [-0.25, -0.2) is 4.39 Å². The van der Waals surface area contributed by atoms with Gasteiger partial charge in [-0.1, -0.05) is 0 Å². The predicted octanol–water partition coefficient (Wildman–Crippen LogP) is -0.824. The Morgan fingerprint density at radius 3 is 2.53 bits per heavy atom. The summed E-state index contributed by atoms with van der Waals surface area (Å²) in [4.78, 5) is 11.7. The van der Waals surface area contributed by atoms with Crippen molar-refractivity contribution in [1.29, 1.82) is 0 Å². The molecular weight excluding hydrogens is 269 g/mol. The van der Waals surface area contributed by atoms with Crippen LogP contribution in [-0.2, 0) is 0 Å². The molecule has 0 saturated carbocycles. The first kappa shape index (κ1) is 14.9. The molecule has 0 bridgehead atoms. The molecule has 0 aliphatic heterocycles. The van der Waals surface area contributed by atoms with Gasteiger partial charge in [-0.2, -0.15) is 4.57 Å². The Bertz CT molecular complexity index is 597. The van der Waals surface area contributed by atoms with E-state index < -0.39 is 0 Å². The Labute approximate surface area is 116 Å². The lowest BCUT2D eigenvalue weighted by Crippen LogP contribution is -3.00. The number of pyridine rings is 1. The lowest BCUT2D eigenvalue weighted by atomic mass is 10.1. The number of hydrogen-bond donors (Lipinski definition) is 1. The molecule has 3 nitrogen and oxygen atoms in total. The lowest BCUT2D eigenvalue weighted by Gasteiger charge is -1.94. The first-order chi connectivity index (χ1) is 8.65. The molecule has 0 saturated heterocycles. The average Bonchev–Trinajstić information content (AvgIpc) is 2.37. The molecule has 0 atom stereocenters. The molecule has 0 spiro atoms. The van der Waals surface area contributed by atoms with E-state index in [1.807, 2.05) is 0 Å². The van der Waals surface area contributed by atoms with E-state index in [2.05, 4.69) is 0 Å². The number of aromatic hydroxyl groups is 1. The van der Waals surface area contributed by atoms with E-state index in [0.717, 1.165) is 0 Å². The zero-order valence-corrected chi connectivity index (χ0v) is 10.6. The van der Waals surface area contributed by atoms with Crippen LogP contribution in [0.5, 0.6) is 5.75 Å². The van der Waals surface area contributed by atoms with E-state index in [1.165, 1.54) is 48.8 Å². The summed E-state index contributed by atoms with van der Waals surface area (Å²) < 4.78 is 14.2. The summed E-state index contributed by atoms with van der Waals surface area (Å²) in [6.07, 6.45) is 6.03. The third-order valence-corrected chi connectivity index (χ3v) is 2.33. The van der Waals surface area contributed by atoms with Gasteiger partial charge in [-0.3, -0.25) is 4.79 Å². The maximum atomic E-state index is 12.7. The summed E-state index contributed by atoms with van der Waals surface area (Å²) in [5.41, 5.74) is 0.411. The van der Waals surface area contributed by atoms with Crippen molar-refractivity contribution in [1.82, 2.24) is 0 Å².